The van der Waals surface area contributed by atoms with Crippen molar-refractivity contribution in [3.8, 4) is 5.88 Å². The van der Waals surface area contributed by atoms with Crippen LogP contribution in [-0.2, 0) is 0 Å². The van der Waals surface area contributed by atoms with Crippen LogP contribution in [0.25, 0.3) is 10.8 Å². The Balaban J connectivity index is 1.86. The minimum Gasteiger partial charge on any atom is -0.472 e. The van der Waals surface area contributed by atoms with Crippen molar-refractivity contribution in [1.82, 2.24) is 15.3 Å². The molecule has 0 amide bonds. The van der Waals surface area contributed by atoms with Crippen LogP contribution in [0.1, 0.15) is 44.0 Å². The quantitative estimate of drug-likeness (QED) is 0.728. The number of aromatic nitrogens is 2. The highest BCUT2D eigenvalue weighted by Crippen LogP contribution is 2.45. The molecule has 0 saturated carbocycles. The lowest BCUT2D eigenvalue weighted by Crippen LogP contribution is -2.62. The Kier molecular flexibility index (Phi) is 3.80. The molecule has 0 aliphatic carbocycles. The lowest BCUT2D eigenvalue weighted by molar-refractivity contribution is 0.154. The van der Waals surface area contributed by atoms with Crippen LogP contribution in [-0.4, -0.2) is 40.7 Å². The highest BCUT2D eigenvalue weighted by Gasteiger charge is 2.47. The first-order valence-corrected chi connectivity index (χ1v) is 9.88. The van der Waals surface area contributed by atoms with Crippen LogP contribution >= 0.6 is 11.6 Å². The van der Waals surface area contributed by atoms with Gasteiger partial charge in [0.25, 0.3) is 0 Å². The number of piperazine rings is 1. The first-order chi connectivity index (χ1) is 12.9. The molecule has 3 aliphatic heterocycles. The molecule has 3 N–H and O–H groups in total. The molecule has 2 aromatic heterocycles. The predicted molar refractivity (Wildman–Crippen MR) is 103 cm³/mol. The number of halogens is 2. The molecule has 6 nitrogen and oxygen atoms in total. The lowest BCUT2D eigenvalue weighted by Gasteiger charge is -2.43. The molecule has 8 heteroatoms. The van der Waals surface area contributed by atoms with E-state index in [2.05, 4.69) is 15.2 Å². The van der Waals surface area contributed by atoms with E-state index >= 15 is 4.39 Å². The molecule has 0 spiro atoms. The largest absolute Gasteiger partial charge is 0.472 e. The Morgan fingerprint density at radius 2 is 2.11 bits per heavy atom. The standard InChI is InChI=1S/C19H23ClFN5O/c1-7(22)12-8(2)23-18-14-13(12)15(21)17(20)25-19(14)27-9(3)16-11-5-4-10(24-11)6-26(16)18/h7,9-11,16,24H,4-6,22H2,1-3H3/t7?,9-,10+,11-,16+/m0/s1. The SMILES string of the molecule is Cc1nc2c3c(nc(Cl)c(F)c3c1C(C)N)O[C@@H](C)[C@@H]1[C@@H]3CC[C@H](CN21)N3. The van der Waals surface area contributed by atoms with E-state index in [1.165, 1.54) is 0 Å². The van der Waals surface area contributed by atoms with Gasteiger partial charge in [-0.1, -0.05) is 11.6 Å². The maximum atomic E-state index is 15.2. The average molecular weight is 392 g/mol. The number of rotatable bonds is 1. The van der Waals surface area contributed by atoms with Gasteiger partial charge in [0.05, 0.1) is 11.4 Å². The molecule has 5 rings (SSSR count). The molecule has 5 atom stereocenters. The first-order valence-electron chi connectivity index (χ1n) is 9.51. The maximum absolute atomic E-state index is 15.2. The molecule has 2 saturated heterocycles. The van der Waals surface area contributed by atoms with E-state index in [0.29, 0.717) is 34.3 Å². The molecular weight excluding hydrogens is 369 g/mol. The van der Waals surface area contributed by atoms with Crippen LogP contribution in [0.4, 0.5) is 10.2 Å². The predicted octanol–water partition coefficient (Wildman–Crippen LogP) is 2.84. The lowest BCUT2D eigenvalue weighted by atomic mass is 9.97. The van der Waals surface area contributed by atoms with Crippen molar-refractivity contribution in [2.75, 3.05) is 11.4 Å². The number of aryl methyl sites for hydroxylation is 1. The Morgan fingerprint density at radius 1 is 1.33 bits per heavy atom. The van der Waals surface area contributed by atoms with Gasteiger partial charge in [0.15, 0.2) is 11.0 Å². The van der Waals surface area contributed by atoms with E-state index in [1.807, 2.05) is 20.8 Å². The number of nitrogens with two attached hydrogens (primary N) is 1. The van der Waals surface area contributed by atoms with Gasteiger partial charge in [0.1, 0.15) is 11.9 Å². The zero-order chi connectivity index (χ0) is 19.0. The molecule has 2 aromatic rings. The smallest absolute Gasteiger partial charge is 0.227 e. The molecule has 2 bridgehead atoms. The Morgan fingerprint density at radius 3 is 2.85 bits per heavy atom. The van der Waals surface area contributed by atoms with Gasteiger partial charge in [-0.15, -0.1) is 0 Å². The van der Waals surface area contributed by atoms with Gasteiger partial charge in [0, 0.05) is 41.3 Å². The number of anilines is 1. The Labute approximate surface area is 162 Å². The minimum absolute atomic E-state index is 0.107. The summed E-state index contributed by atoms with van der Waals surface area (Å²) in [4.78, 5) is 11.4. The van der Waals surface area contributed by atoms with E-state index in [9.17, 15) is 0 Å². The third-order valence-electron chi connectivity index (χ3n) is 6.19. The van der Waals surface area contributed by atoms with E-state index in [1.54, 1.807) is 0 Å². The van der Waals surface area contributed by atoms with Gasteiger partial charge in [-0.25, -0.2) is 9.37 Å². The second-order valence-corrected chi connectivity index (χ2v) is 8.37. The summed E-state index contributed by atoms with van der Waals surface area (Å²) in [5.41, 5.74) is 7.56. The van der Waals surface area contributed by atoms with Gasteiger partial charge in [-0.3, -0.25) is 0 Å². The fourth-order valence-electron chi connectivity index (χ4n) is 5.17. The van der Waals surface area contributed by atoms with Crippen molar-refractivity contribution in [1.29, 1.82) is 0 Å². The van der Waals surface area contributed by atoms with Crippen LogP contribution in [0.5, 0.6) is 5.88 Å². The van der Waals surface area contributed by atoms with Gasteiger partial charge in [-0.05, 0) is 33.6 Å². The van der Waals surface area contributed by atoms with Crippen LogP contribution in [0.15, 0.2) is 0 Å². The van der Waals surface area contributed by atoms with Crippen molar-refractivity contribution < 1.29 is 9.13 Å². The molecule has 2 fully saturated rings. The Bertz CT molecular complexity index is 952. The van der Waals surface area contributed by atoms with Gasteiger partial charge < -0.3 is 20.7 Å². The number of hydrogen-bond donors (Lipinski definition) is 2. The van der Waals surface area contributed by atoms with Crippen molar-refractivity contribution in [3.05, 3.63) is 22.2 Å². The molecule has 5 heterocycles. The zero-order valence-corrected chi connectivity index (χ0v) is 16.3. The summed E-state index contributed by atoms with van der Waals surface area (Å²) in [5, 5.41) is 4.47. The molecule has 1 unspecified atom stereocenters. The van der Waals surface area contributed by atoms with Crippen LogP contribution < -0.4 is 20.7 Å². The van der Waals surface area contributed by atoms with Crippen molar-refractivity contribution in [2.45, 2.75) is 63.9 Å². The second-order valence-electron chi connectivity index (χ2n) is 8.01. The zero-order valence-electron chi connectivity index (χ0n) is 15.6. The fourth-order valence-corrected chi connectivity index (χ4v) is 5.35. The Hall–Kier alpha value is -1.70. The summed E-state index contributed by atoms with van der Waals surface area (Å²) in [6.07, 6.45) is 2.09. The van der Waals surface area contributed by atoms with Crippen molar-refractivity contribution in [2.24, 2.45) is 5.73 Å². The van der Waals surface area contributed by atoms with Crippen LogP contribution in [0, 0.1) is 12.7 Å². The third-order valence-corrected chi connectivity index (χ3v) is 6.44. The number of ether oxygens (including phenoxy) is 1. The van der Waals surface area contributed by atoms with E-state index < -0.39 is 5.82 Å². The molecule has 27 heavy (non-hydrogen) atoms. The fraction of sp³-hybridized carbons (Fsp3) is 0.579. The number of pyridine rings is 2. The summed E-state index contributed by atoms with van der Waals surface area (Å²) >= 11 is 6.14. The summed E-state index contributed by atoms with van der Waals surface area (Å²) < 4.78 is 21.4. The molecule has 3 aliphatic rings. The van der Waals surface area contributed by atoms with Crippen LogP contribution in [0.2, 0.25) is 5.15 Å². The number of fused-ring (bicyclic) bond motifs is 5. The first kappa shape index (κ1) is 17.4. The summed E-state index contributed by atoms with van der Waals surface area (Å²) in [5.74, 6) is 0.526. The summed E-state index contributed by atoms with van der Waals surface area (Å²) in [6.45, 7) is 6.56. The topological polar surface area (TPSA) is 76.3 Å². The number of nitrogens with zero attached hydrogens (tertiary/aromatic N) is 3. The van der Waals surface area contributed by atoms with E-state index in [0.717, 1.165) is 30.9 Å². The highest BCUT2D eigenvalue weighted by molar-refractivity contribution is 6.30. The van der Waals surface area contributed by atoms with Crippen molar-refractivity contribution in [3.63, 3.8) is 0 Å². The van der Waals surface area contributed by atoms with E-state index in [-0.39, 0.29) is 23.3 Å². The van der Waals surface area contributed by atoms with Gasteiger partial charge in [-0.2, -0.15) is 4.98 Å². The van der Waals surface area contributed by atoms with Crippen molar-refractivity contribution >= 4 is 28.2 Å². The van der Waals surface area contributed by atoms with Crippen LogP contribution in [0.3, 0.4) is 0 Å². The molecule has 144 valence electrons. The van der Waals surface area contributed by atoms with Gasteiger partial charge >= 0.3 is 0 Å². The normalized spacial score (nSPS) is 30.1. The van der Waals surface area contributed by atoms with Gasteiger partial charge in [0.2, 0.25) is 5.88 Å². The number of nitrogens with one attached hydrogen (secondary N) is 1. The molecule has 0 radical (unpaired) electrons. The number of hydrogen-bond acceptors (Lipinski definition) is 6. The molecular formula is C19H23ClFN5O. The third kappa shape index (κ3) is 2.38. The second kappa shape index (κ2) is 5.90. The summed E-state index contributed by atoms with van der Waals surface area (Å²) in [6, 6.07) is 0.452. The maximum Gasteiger partial charge on any atom is 0.227 e. The summed E-state index contributed by atoms with van der Waals surface area (Å²) in [7, 11) is 0. The average Bonchev–Trinajstić information content (AvgIpc) is 2.93. The molecule has 0 aromatic carbocycles. The van der Waals surface area contributed by atoms with E-state index in [4.69, 9.17) is 27.1 Å². The minimum atomic E-state index is -0.553. The highest BCUT2D eigenvalue weighted by atomic mass is 35.5. The monoisotopic (exact) mass is 391 g/mol.